The van der Waals surface area contributed by atoms with Crippen LogP contribution in [0.25, 0.3) is 11.4 Å². The van der Waals surface area contributed by atoms with Crippen molar-refractivity contribution in [1.29, 1.82) is 0 Å². The molecule has 0 aliphatic rings. The van der Waals surface area contributed by atoms with Gasteiger partial charge in [-0.3, -0.25) is 4.98 Å². The summed E-state index contributed by atoms with van der Waals surface area (Å²) >= 11 is 1.52. The van der Waals surface area contributed by atoms with E-state index in [2.05, 4.69) is 25.3 Å². The van der Waals surface area contributed by atoms with Gasteiger partial charge in [0.2, 0.25) is 0 Å². The number of anilines is 1. The molecular weight excluding hydrogens is 363 g/mol. The van der Waals surface area contributed by atoms with E-state index in [-0.39, 0.29) is 17.7 Å². The molecule has 0 saturated heterocycles. The summed E-state index contributed by atoms with van der Waals surface area (Å²) in [4.78, 5) is 17.2. The molecule has 26 heavy (non-hydrogen) atoms. The minimum atomic E-state index is -4.57. The van der Waals surface area contributed by atoms with E-state index >= 15 is 0 Å². The number of halogens is 3. The molecule has 0 aliphatic carbocycles. The average Bonchev–Trinajstić information content (AvgIpc) is 3.11. The molecule has 3 heterocycles. The van der Waals surface area contributed by atoms with E-state index in [0.29, 0.717) is 5.56 Å². The SMILES string of the molecule is CCc1cnc(C(C)Nc2cc(C(F)(F)F)nc(-c3cccnc3)n2)s1. The van der Waals surface area contributed by atoms with Crippen LogP contribution in [0.3, 0.4) is 0 Å². The maximum absolute atomic E-state index is 13.2. The standard InChI is InChI=1S/C17H16F3N5S/c1-3-12-9-22-16(26-12)10(2)23-14-7-13(17(18,19)20)24-15(25-14)11-5-4-6-21-8-11/h4-10H,3H2,1-2H3,(H,23,24,25). The van der Waals surface area contributed by atoms with Crippen LogP contribution in [0.5, 0.6) is 0 Å². The van der Waals surface area contributed by atoms with Gasteiger partial charge in [-0.15, -0.1) is 11.3 Å². The Morgan fingerprint density at radius 2 is 2.04 bits per heavy atom. The van der Waals surface area contributed by atoms with Gasteiger partial charge in [-0.1, -0.05) is 6.92 Å². The van der Waals surface area contributed by atoms with Gasteiger partial charge in [0.1, 0.15) is 10.8 Å². The van der Waals surface area contributed by atoms with E-state index in [1.807, 2.05) is 13.8 Å². The summed E-state index contributed by atoms with van der Waals surface area (Å²) in [6.07, 6.45) is 1.03. The van der Waals surface area contributed by atoms with Crippen LogP contribution in [-0.2, 0) is 12.6 Å². The highest BCUT2D eigenvalue weighted by molar-refractivity contribution is 7.11. The number of hydrogen-bond acceptors (Lipinski definition) is 6. The minimum absolute atomic E-state index is 0.0315. The molecule has 0 spiro atoms. The largest absolute Gasteiger partial charge is 0.433 e. The summed E-state index contributed by atoms with van der Waals surface area (Å²) in [6.45, 7) is 3.85. The first kappa shape index (κ1) is 18.2. The van der Waals surface area contributed by atoms with Crippen molar-refractivity contribution in [2.24, 2.45) is 0 Å². The van der Waals surface area contributed by atoms with Crippen LogP contribution in [0, 0.1) is 0 Å². The van der Waals surface area contributed by atoms with Gasteiger partial charge < -0.3 is 5.32 Å². The normalized spacial score (nSPS) is 12.8. The topological polar surface area (TPSA) is 63.6 Å². The molecule has 0 amide bonds. The zero-order valence-electron chi connectivity index (χ0n) is 14.1. The van der Waals surface area contributed by atoms with E-state index < -0.39 is 11.9 Å². The Kier molecular flexibility index (Phi) is 5.17. The number of aryl methyl sites for hydroxylation is 1. The molecule has 9 heteroatoms. The van der Waals surface area contributed by atoms with Crippen LogP contribution in [-0.4, -0.2) is 19.9 Å². The number of hydrogen-bond donors (Lipinski definition) is 1. The second kappa shape index (κ2) is 7.36. The lowest BCUT2D eigenvalue weighted by atomic mass is 10.2. The molecule has 3 aromatic heterocycles. The Balaban J connectivity index is 1.95. The first-order valence-electron chi connectivity index (χ1n) is 7.94. The quantitative estimate of drug-likeness (QED) is 0.693. The van der Waals surface area contributed by atoms with Crippen molar-refractivity contribution < 1.29 is 13.2 Å². The van der Waals surface area contributed by atoms with E-state index in [0.717, 1.165) is 22.4 Å². The summed E-state index contributed by atoms with van der Waals surface area (Å²) in [5.41, 5.74) is -0.591. The number of thiazole rings is 1. The van der Waals surface area contributed by atoms with Crippen molar-refractivity contribution in [1.82, 2.24) is 19.9 Å². The Hall–Kier alpha value is -2.55. The summed E-state index contributed by atoms with van der Waals surface area (Å²) in [5.74, 6) is 0.0583. The highest BCUT2D eigenvalue weighted by atomic mass is 32.1. The van der Waals surface area contributed by atoms with Crippen LogP contribution in [0.4, 0.5) is 19.0 Å². The fourth-order valence-electron chi connectivity index (χ4n) is 2.26. The fraction of sp³-hybridized carbons (Fsp3) is 0.294. The van der Waals surface area contributed by atoms with Gasteiger partial charge in [-0.05, 0) is 25.5 Å². The van der Waals surface area contributed by atoms with Gasteiger partial charge in [0.15, 0.2) is 11.5 Å². The lowest BCUT2D eigenvalue weighted by Crippen LogP contribution is -2.13. The predicted molar refractivity (Wildman–Crippen MR) is 93.8 cm³/mol. The number of rotatable bonds is 5. The summed E-state index contributed by atoms with van der Waals surface area (Å²) < 4.78 is 39.7. The Morgan fingerprint density at radius 3 is 2.65 bits per heavy atom. The van der Waals surface area contributed by atoms with Gasteiger partial charge in [0, 0.05) is 35.1 Å². The van der Waals surface area contributed by atoms with Gasteiger partial charge >= 0.3 is 6.18 Å². The van der Waals surface area contributed by atoms with E-state index in [4.69, 9.17) is 0 Å². The molecule has 0 saturated carbocycles. The molecule has 0 fully saturated rings. The van der Waals surface area contributed by atoms with Gasteiger partial charge in [0.05, 0.1) is 6.04 Å². The lowest BCUT2D eigenvalue weighted by molar-refractivity contribution is -0.141. The molecule has 0 aromatic carbocycles. The van der Waals surface area contributed by atoms with Crippen molar-refractivity contribution in [2.75, 3.05) is 5.32 Å². The van der Waals surface area contributed by atoms with Crippen molar-refractivity contribution in [3.8, 4) is 11.4 Å². The molecule has 136 valence electrons. The van der Waals surface area contributed by atoms with Crippen molar-refractivity contribution in [3.05, 3.63) is 52.4 Å². The zero-order valence-corrected chi connectivity index (χ0v) is 14.9. The monoisotopic (exact) mass is 379 g/mol. The summed E-state index contributed by atoms with van der Waals surface area (Å²) in [7, 11) is 0. The van der Waals surface area contributed by atoms with E-state index in [1.165, 1.54) is 23.7 Å². The number of nitrogens with zero attached hydrogens (tertiary/aromatic N) is 4. The highest BCUT2D eigenvalue weighted by Crippen LogP contribution is 2.32. The third kappa shape index (κ3) is 4.16. The maximum Gasteiger partial charge on any atom is 0.433 e. The van der Waals surface area contributed by atoms with Crippen LogP contribution in [0.15, 0.2) is 36.8 Å². The Bertz CT molecular complexity index is 880. The van der Waals surface area contributed by atoms with Crippen LogP contribution in [0.2, 0.25) is 0 Å². The summed E-state index contributed by atoms with van der Waals surface area (Å²) in [5, 5.41) is 3.78. The number of nitrogens with one attached hydrogen (secondary N) is 1. The molecule has 0 aliphatic heterocycles. The Morgan fingerprint density at radius 1 is 1.23 bits per heavy atom. The summed E-state index contributed by atoms with van der Waals surface area (Å²) in [6, 6.07) is 3.86. The second-order valence-electron chi connectivity index (χ2n) is 5.59. The highest BCUT2D eigenvalue weighted by Gasteiger charge is 2.34. The van der Waals surface area contributed by atoms with Crippen molar-refractivity contribution >= 4 is 17.2 Å². The van der Waals surface area contributed by atoms with Gasteiger partial charge in [0.25, 0.3) is 0 Å². The van der Waals surface area contributed by atoms with Gasteiger partial charge in [-0.2, -0.15) is 13.2 Å². The number of alkyl halides is 3. The maximum atomic E-state index is 13.2. The smallest absolute Gasteiger partial charge is 0.361 e. The molecule has 1 N–H and O–H groups in total. The van der Waals surface area contributed by atoms with E-state index in [1.54, 1.807) is 18.3 Å². The minimum Gasteiger partial charge on any atom is -0.361 e. The van der Waals surface area contributed by atoms with Crippen LogP contribution in [0.1, 0.15) is 35.5 Å². The zero-order chi connectivity index (χ0) is 18.7. The average molecular weight is 379 g/mol. The predicted octanol–water partition coefficient (Wildman–Crippen LogP) is 4.75. The van der Waals surface area contributed by atoms with E-state index in [9.17, 15) is 13.2 Å². The first-order valence-corrected chi connectivity index (χ1v) is 8.76. The van der Waals surface area contributed by atoms with Crippen LogP contribution >= 0.6 is 11.3 Å². The molecule has 5 nitrogen and oxygen atoms in total. The molecular formula is C17H16F3N5S. The molecule has 3 aromatic rings. The lowest BCUT2D eigenvalue weighted by Gasteiger charge is -2.15. The molecule has 1 atom stereocenters. The Labute approximate surface area is 152 Å². The second-order valence-corrected chi connectivity index (χ2v) is 6.73. The number of pyridine rings is 1. The number of aromatic nitrogens is 4. The fourth-order valence-corrected chi connectivity index (χ4v) is 3.12. The third-order valence-electron chi connectivity index (χ3n) is 3.59. The molecule has 0 radical (unpaired) electrons. The van der Waals surface area contributed by atoms with Crippen molar-refractivity contribution in [2.45, 2.75) is 32.5 Å². The van der Waals surface area contributed by atoms with Crippen molar-refractivity contribution in [3.63, 3.8) is 0 Å². The molecule has 0 bridgehead atoms. The molecule has 3 rings (SSSR count). The van der Waals surface area contributed by atoms with Crippen LogP contribution < -0.4 is 5.32 Å². The molecule has 1 unspecified atom stereocenters. The first-order chi connectivity index (χ1) is 12.4. The third-order valence-corrected chi connectivity index (χ3v) is 4.92. The van der Waals surface area contributed by atoms with Gasteiger partial charge in [-0.25, -0.2) is 15.0 Å².